The number of hydrogen-bond donors (Lipinski definition) is 1. The Morgan fingerprint density at radius 2 is 2.13 bits per heavy atom. The molecule has 1 aromatic carbocycles. The molecule has 2 heterocycles. The maximum Gasteiger partial charge on any atom is 0.133 e. The number of benzene rings is 1. The Morgan fingerprint density at radius 3 is 2.87 bits per heavy atom. The first-order valence-corrected chi connectivity index (χ1v) is 8.04. The summed E-state index contributed by atoms with van der Waals surface area (Å²) in [6.45, 7) is 4.62. The Bertz CT molecular complexity index is 690. The van der Waals surface area contributed by atoms with Crippen LogP contribution in [0.1, 0.15) is 36.5 Å². The fraction of sp³-hybridized carbons (Fsp3) is 0.444. The highest BCUT2D eigenvalue weighted by Gasteiger charge is 2.33. The molecule has 0 aliphatic carbocycles. The fourth-order valence-electron chi connectivity index (χ4n) is 3.15. The molecule has 2 aromatic rings. The molecule has 3 rings (SSSR count). The highest BCUT2D eigenvalue weighted by atomic mass is 16.5. The van der Waals surface area contributed by atoms with E-state index in [2.05, 4.69) is 27.9 Å². The minimum atomic E-state index is -0.355. The number of aryl methyl sites for hydroxylation is 2. The lowest BCUT2D eigenvalue weighted by atomic mass is 10.0. The molecule has 0 saturated carbocycles. The maximum absolute atomic E-state index is 10.2. The van der Waals surface area contributed by atoms with Gasteiger partial charge < -0.3 is 14.7 Å². The molecule has 1 aliphatic heterocycles. The van der Waals surface area contributed by atoms with Crippen LogP contribution in [0.15, 0.2) is 30.3 Å². The van der Waals surface area contributed by atoms with Crippen molar-refractivity contribution in [2.24, 2.45) is 0 Å². The van der Waals surface area contributed by atoms with Crippen LogP contribution in [0.4, 0.5) is 5.82 Å². The Morgan fingerprint density at radius 1 is 1.30 bits per heavy atom. The van der Waals surface area contributed by atoms with Crippen LogP contribution in [0, 0.1) is 6.92 Å². The first-order valence-electron chi connectivity index (χ1n) is 8.04. The van der Waals surface area contributed by atoms with E-state index in [1.807, 2.05) is 31.2 Å². The summed E-state index contributed by atoms with van der Waals surface area (Å²) in [4.78, 5) is 11.3. The van der Waals surface area contributed by atoms with Gasteiger partial charge in [-0.1, -0.05) is 19.1 Å². The number of aliphatic hydroxyl groups is 1. The van der Waals surface area contributed by atoms with Crippen LogP contribution >= 0.6 is 0 Å². The van der Waals surface area contributed by atoms with E-state index in [4.69, 9.17) is 4.74 Å². The van der Waals surface area contributed by atoms with Crippen LogP contribution < -0.4 is 9.64 Å². The molecule has 0 amide bonds. The van der Waals surface area contributed by atoms with E-state index in [9.17, 15) is 5.11 Å². The molecule has 23 heavy (non-hydrogen) atoms. The van der Waals surface area contributed by atoms with Gasteiger partial charge in [0.25, 0.3) is 0 Å². The van der Waals surface area contributed by atoms with Crippen molar-refractivity contribution in [2.75, 3.05) is 18.6 Å². The summed E-state index contributed by atoms with van der Waals surface area (Å²) in [5.74, 6) is 2.56. The fourth-order valence-corrected chi connectivity index (χ4v) is 3.15. The second-order valence-corrected chi connectivity index (χ2v) is 5.97. The van der Waals surface area contributed by atoms with Crippen LogP contribution in [0.2, 0.25) is 0 Å². The van der Waals surface area contributed by atoms with E-state index >= 15 is 0 Å². The minimum absolute atomic E-state index is 0.0964. The third-order valence-corrected chi connectivity index (χ3v) is 4.26. The average Bonchev–Trinajstić information content (AvgIpc) is 2.96. The monoisotopic (exact) mass is 313 g/mol. The molecular formula is C18H23N3O2. The van der Waals surface area contributed by atoms with Crippen molar-refractivity contribution in [3.63, 3.8) is 0 Å². The lowest BCUT2D eigenvalue weighted by Gasteiger charge is -2.26. The molecule has 1 N–H and O–H groups in total. The van der Waals surface area contributed by atoms with Gasteiger partial charge in [0.2, 0.25) is 0 Å². The van der Waals surface area contributed by atoms with E-state index in [1.54, 1.807) is 7.11 Å². The van der Waals surface area contributed by atoms with Crippen LogP contribution in [0.25, 0.3) is 0 Å². The van der Waals surface area contributed by atoms with Gasteiger partial charge in [0.1, 0.15) is 17.4 Å². The highest BCUT2D eigenvalue weighted by molar-refractivity contribution is 5.46. The third-order valence-electron chi connectivity index (χ3n) is 4.26. The number of anilines is 1. The van der Waals surface area contributed by atoms with Gasteiger partial charge in [0, 0.05) is 24.7 Å². The van der Waals surface area contributed by atoms with Gasteiger partial charge in [-0.25, -0.2) is 9.97 Å². The van der Waals surface area contributed by atoms with Crippen molar-refractivity contribution in [3.8, 4) is 5.75 Å². The Hall–Kier alpha value is -2.14. The normalized spacial score (nSPS) is 20.8. The first-order chi connectivity index (χ1) is 11.1. The number of hydrogen-bond acceptors (Lipinski definition) is 5. The van der Waals surface area contributed by atoms with Crippen molar-refractivity contribution >= 4 is 5.82 Å². The molecule has 5 nitrogen and oxygen atoms in total. The van der Waals surface area contributed by atoms with E-state index in [0.717, 1.165) is 35.1 Å². The molecule has 1 saturated heterocycles. The molecule has 2 unspecified atom stereocenters. The summed E-state index contributed by atoms with van der Waals surface area (Å²) in [5.41, 5.74) is 2.09. The third kappa shape index (κ3) is 3.29. The molecule has 122 valence electrons. The summed E-state index contributed by atoms with van der Waals surface area (Å²) in [7, 11) is 1.67. The number of nitrogens with zero attached hydrogens (tertiary/aromatic N) is 3. The van der Waals surface area contributed by atoms with Gasteiger partial charge >= 0.3 is 0 Å². The zero-order chi connectivity index (χ0) is 16.4. The summed E-state index contributed by atoms with van der Waals surface area (Å²) in [5, 5.41) is 10.2. The van der Waals surface area contributed by atoms with Crippen molar-refractivity contribution in [2.45, 2.75) is 38.8 Å². The lowest BCUT2D eigenvalue weighted by molar-refractivity contribution is 0.194. The van der Waals surface area contributed by atoms with E-state index < -0.39 is 0 Å². The van der Waals surface area contributed by atoms with E-state index in [-0.39, 0.29) is 12.1 Å². The van der Waals surface area contributed by atoms with Gasteiger partial charge in [-0.15, -0.1) is 0 Å². The predicted octanol–water partition coefficient (Wildman–Crippen LogP) is 2.67. The Kier molecular flexibility index (Phi) is 4.48. The molecule has 2 atom stereocenters. The van der Waals surface area contributed by atoms with Crippen LogP contribution in [0.3, 0.4) is 0 Å². The number of aliphatic hydroxyl groups excluding tert-OH is 1. The Balaban J connectivity index is 1.98. The molecule has 1 aromatic heterocycles. The Labute approximate surface area is 137 Å². The summed E-state index contributed by atoms with van der Waals surface area (Å²) in [6.07, 6.45) is 1.14. The average molecular weight is 313 g/mol. The molecule has 0 bridgehead atoms. The topological polar surface area (TPSA) is 58.5 Å². The van der Waals surface area contributed by atoms with Crippen molar-refractivity contribution in [3.05, 3.63) is 47.4 Å². The summed E-state index contributed by atoms with van der Waals surface area (Å²) < 4.78 is 5.33. The largest absolute Gasteiger partial charge is 0.497 e. The van der Waals surface area contributed by atoms with Crippen molar-refractivity contribution < 1.29 is 9.84 Å². The summed E-state index contributed by atoms with van der Waals surface area (Å²) in [6, 6.07) is 10.1. The predicted molar refractivity (Wildman–Crippen MR) is 89.9 cm³/mol. The quantitative estimate of drug-likeness (QED) is 0.940. The van der Waals surface area contributed by atoms with Crippen molar-refractivity contribution in [1.82, 2.24) is 9.97 Å². The first kappa shape index (κ1) is 15.7. The summed E-state index contributed by atoms with van der Waals surface area (Å²) >= 11 is 0. The molecule has 5 heteroatoms. The SMILES string of the molecule is CCc1nc(C)cc(N2CC(O)CC2c2cccc(OC)c2)n1. The van der Waals surface area contributed by atoms with Crippen molar-refractivity contribution in [1.29, 1.82) is 0 Å². The molecule has 1 fully saturated rings. The second kappa shape index (κ2) is 6.54. The van der Waals surface area contributed by atoms with Gasteiger partial charge in [0.15, 0.2) is 0 Å². The number of methoxy groups -OCH3 is 1. The molecular weight excluding hydrogens is 290 g/mol. The van der Waals surface area contributed by atoms with Gasteiger partial charge in [-0.3, -0.25) is 0 Å². The van der Waals surface area contributed by atoms with Crippen LogP contribution in [-0.4, -0.2) is 34.8 Å². The number of β-amino-alcohol motifs (C(OH)–C–C–N with tert-alkyl or cyclic N) is 1. The van der Waals surface area contributed by atoms with Crippen LogP contribution in [0.5, 0.6) is 5.75 Å². The number of ether oxygens (including phenoxy) is 1. The van der Waals surface area contributed by atoms with E-state index in [0.29, 0.717) is 13.0 Å². The van der Waals surface area contributed by atoms with Gasteiger partial charge in [-0.05, 0) is 31.0 Å². The number of rotatable bonds is 4. The molecule has 0 spiro atoms. The maximum atomic E-state index is 10.2. The van der Waals surface area contributed by atoms with Crippen LogP contribution in [-0.2, 0) is 6.42 Å². The lowest BCUT2D eigenvalue weighted by Crippen LogP contribution is -2.26. The van der Waals surface area contributed by atoms with Gasteiger partial charge in [0.05, 0.1) is 19.3 Å². The zero-order valence-corrected chi connectivity index (χ0v) is 13.9. The van der Waals surface area contributed by atoms with E-state index in [1.165, 1.54) is 0 Å². The van der Waals surface area contributed by atoms with Gasteiger partial charge in [-0.2, -0.15) is 0 Å². The zero-order valence-electron chi connectivity index (χ0n) is 13.9. The minimum Gasteiger partial charge on any atom is -0.497 e. The number of aromatic nitrogens is 2. The molecule has 0 radical (unpaired) electrons. The standard InChI is InChI=1S/C18H23N3O2/c1-4-17-19-12(2)8-18(20-17)21-11-14(22)10-16(21)13-6-5-7-15(9-13)23-3/h5-9,14,16,22H,4,10-11H2,1-3H3. The molecule has 1 aliphatic rings. The smallest absolute Gasteiger partial charge is 0.133 e. The highest BCUT2D eigenvalue weighted by Crippen LogP contribution is 2.36. The second-order valence-electron chi connectivity index (χ2n) is 5.97.